The molecule has 0 unspecified atom stereocenters. The van der Waals surface area contributed by atoms with Gasteiger partial charge in [0, 0.05) is 5.69 Å². The molecule has 1 amide bonds. The number of amides is 1. The number of rotatable bonds is 5. The highest BCUT2D eigenvalue weighted by atomic mass is 16.2. The molecule has 0 aliphatic carbocycles. The van der Waals surface area contributed by atoms with Gasteiger partial charge >= 0.3 is 0 Å². The Morgan fingerprint density at radius 1 is 1.19 bits per heavy atom. The number of carbonyl (C=O) groups excluding carboxylic acids is 1. The molecule has 1 atom stereocenters. The number of nitrogens with one attached hydrogen (secondary N) is 2. The molecular weight excluding hydrogens is 264 g/mol. The highest BCUT2D eigenvalue weighted by Crippen LogP contribution is 2.27. The van der Waals surface area contributed by atoms with E-state index in [1.807, 2.05) is 55.5 Å². The average molecular weight is 284 g/mol. The summed E-state index contributed by atoms with van der Waals surface area (Å²) < 4.78 is 0. The van der Waals surface area contributed by atoms with Crippen molar-refractivity contribution in [3.8, 4) is 0 Å². The first-order valence-electron chi connectivity index (χ1n) is 6.75. The summed E-state index contributed by atoms with van der Waals surface area (Å²) in [6.07, 6.45) is 0. The van der Waals surface area contributed by atoms with Gasteiger partial charge in [0.05, 0.1) is 12.6 Å². The Morgan fingerprint density at radius 3 is 2.57 bits per heavy atom. The van der Waals surface area contributed by atoms with E-state index < -0.39 is 0 Å². The fraction of sp³-hybridized carbons (Fsp3) is 0.188. The van der Waals surface area contributed by atoms with Crippen LogP contribution in [0.2, 0.25) is 0 Å². The summed E-state index contributed by atoms with van der Waals surface area (Å²) in [7, 11) is 0. The zero-order valence-corrected chi connectivity index (χ0v) is 12.0. The van der Waals surface area contributed by atoms with E-state index in [-0.39, 0.29) is 18.5 Å². The maximum atomic E-state index is 11.4. The van der Waals surface area contributed by atoms with Crippen LogP contribution < -0.4 is 22.3 Å². The van der Waals surface area contributed by atoms with Gasteiger partial charge in [0.25, 0.3) is 0 Å². The fourth-order valence-corrected chi connectivity index (χ4v) is 2.24. The van der Waals surface area contributed by atoms with Crippen LogP contribution in [0, 0.1) is 6.92 Å². The van der Waals surface area contributed by atoms with Crippen molar-refractivity contribution >= 4 is 11.6 Å². The van der Waals surface area contributed by atoms with Crippen LogP contribution in [-0.2, 0) is 4.79 Å². The SMILES string of the molecule is Cc1ccc(N)c([C@@H](NCC(=O)NN)c2ccccc2)c1. The van der Waals surface area contributed by atoms with E-state index >= 15 is 0 Å². The van der Waals surface area contributed by atoms with Gasteiger partial charge in [0.1, 0.15) is 0 Å². The molecule has 0 saturated carbocycles. The van der Waals surface area contributed by atoms with E-state index in [1.165, 1.54) is 0 Å². The highest BCUT2D eigenvalue weighted by Gasteiger charge is 2.17. The van der Waals surface area contributed by atoms with Crippen molar-refractivity contribution in [2.45, 2.75) is 13.0 Å². The molecule has 2 aromatic carbocycles. The van der Waals surface area contributed by atoms with Gasteiger partial charge in [-0.1, -0.05) is 48.0 Å². The quantitative estimate of drug-likeness (QED) is 0.288. The van der Waals surface area contributed by atoms with Crippen LogP contribution in [0.1, 0.15) is 22.7 Å². The lowest BCUT2D eigenvalue weighted by Crippen LogP contribution is -2.39. The maximum absolute atomic E-state index is 11.4. The maximum Gasteiger partial charge on any atom is 0.247 e. The van der Waals surface area contributed by atoms with Crippen molar-refractivity contribution in [3.05, 3.63) is 65.2 Å². The lowest BCUT2D eigenvalue weighted by molar-refractivity contribution is -0.120. The second-order valence-electron chi connectivity index (χ2n) is 4.92. The van der Waals surface area contributed by atoms with E-state index in [2.05, 4.69) is 10.7 Å². The first-order valence-corrected chi connectivity index (χ1v) is 6.75. The van der Waals surface area contributed by atoms with Crippen molar-refractivity contribution in [2.75, 3.05) is 12.3 Å². The Kier molecular flexibility index (Phi) is 4.92. The molecule has 0 saturated heterocycles. The van der Waals surface area contributed by atoms with Crippen LogP contribution in [-0.4, -0.2) is 12.5 Å². The zero-order chi connectivity index (χ0) is 15.2. The molecule has 0 aliphatic rings. The molecular formula is C16H20N4O. The van der Waals surface area contributed by atoms with Gasteiger partial charge in [-0.15, -0.1) is 0 Å². The van der Waals surface area contributed by atoms with Crippen molar-refractivity contribution in [1.82, 2.24) is 10.7 Å². The normalized spacial score (nSPS) is 11.9. The van der Waals surface area contributed by atoms with Crippen LogP contribution in [0.4, 0.5) is 5.69 Å². The number of hydrazine groups is 1. The smallest absolute Gasteiger partial charge is 0.247 e. The van der Waals surface area contributed by atoms with Crippen molar-refractivity contribution in [2.24, 2.45) is 5.84 Å². The monoisotopic (exact) mass is 284 g/mol. The Balaban J connectivity index is 2.35. The Labute approximate surface area is 124 Å². The van der Waals surface area contributed by atoms with E-state index in [4.69, 9.17) is 11.6 Å². The molecule has 0 aliphatic heterocycles. The molecule has 0 spiro atoms. The van der Waals surface area contributed by atoms with E-state index in [1.54, 1.807) is 0 Å². The van der Waals surface area contributed by atoms with Gasteiger partial charge in [0.2, 0.25) is 5.91 Å². The van der Waals surface area contributed by atoms with Crippen molar-refractivity contribution in [1.29, 1.82) is 0 Å². The van der Waals surface area contributed by atoms with Gasteiger partial charge in [-0.05, 0) is 24.1 Å². The summed E-state index contributed by atoms with van der Waals surface area (Å²) in [6, 6.07) is 15.6. The van der Waals surface area contributed by atoms with Gasteiger partial charge in [0.15, 0.2) is 0 Å². The molecule has 21 heavy (non-hydrogen) atoms. The van der Waals surface area contributed by atoms with Crippen LogP contribution in [0.3, 0.4) is 0 Å². The average Bonchev–Trinajstić information content (AvgIpc) is 2.51. The Hall–Kier alpha value is -2.37. The highest BCUT2D eigenvalue weighted by molar-refractivity contribution is 5.77. The number of hydrogen-bond acceptors (Lipinski definition) is 4. The summed E-state index contributed by atoms with van der Waals surface area (Å²) >= 11 is 0. The number of anilines is 1. The predicted octanol–water partition coefficient (Wildman–Crippen LogP) is 1.25. The summed E-state index contributed by atoms with van der Waals surface area (Å²) in [5, 5.41) is 3.20. The summed E-state index contributed by atoms with van der Waals surface area (Å²) in [5.41, 5.74) is 12.0. The number of aryl methyl sites for hydroxylation is 1. The third-order valence-electron chi connectivity index (χ3n) is 3.31. The van der Waals surface area contributed by atoms with Crippen molar-refractivity contribution in [3.63, 3.8) is 0 Å². The molecule has 2 rings (SSSR count). The minimum absolute atomic E-state index is 0.115. The van der Waals surface area contributed by atoms with Gasteiger partial charge < -0.3 is 5.73 Å². The molecule has 0 radical (unpaired) electrons. The van der Waals surface area contributed by atoms with Crippen molar-refractivity contribution < 1.29 is 4.79 Å². The Bertz CT molecular complexity index is 613. The van der Waals surface area contributed by atoms with E-state index in [0.29, 0.717) is 5.69 Å². The first-order chi connectivity index (χ1) is 10.1. The zero-order valence-electron chi connectivity index (χ0n) is 12.0. The fourth-order valence-electron chi connectivity index (χ4n) is 2.24. The molecule has 0 aromatic heterocycles. The number of carbonyl (C=O) groups is 1. The van der Waals surface area contributed by atoms with Crippen LogP contribution >= 0.6 is 0 Å². The molecule has 0 heterocycles. The third-order valence-corrected chi connectivity index (χ3v) is 3.31. The number of benzene rings is 2. The second kappa shape index (κ2) is 6.88. The predicted molar refractivity (Wildman–Crippen MR) is 84.2 cm³/mol. The Morgan fingerprint density at radius 2 is 1.90 bits per heavy atom. The van der Waals surface area contributed by atoms with Crippen LogP contribution in [0.15, 0.2) is 48.5 Å². The van der Waals surface area contributed by atoms with Gasteiger partial charge in [-0.3, -0.25) is 15.5 Å². The second-order valence-corrected chi connectivity index (χ2v) is 4.92. The van der Waals surface area contributed by atoms with E-state index in [0.717, 1.165) is 16.7 Å². The lowest BCUT2D eigenvalue weighted by atomic mass is 9.96. The minimum atomic E-state index is -0.276. The summed E-state index contributed by atoms with van der Waals surface area (Å²) in [6.45, 7) is 2.13. The third kappa shape index (κ3) is 3.81. The largest absolute Gasteiger partial charge is 0.398 e. The molecule has 0 bridgehead atoms. The standard InChI is InChI=1S/C16H20N4O/c1-11-7-8-14(17)13(9-11)16(19-10-15(21)20-18)12-5-3-2-4-6-12/h2-9,16,19H,10,17-18H2,1H3,(H,20,21)/t16-/m0/s1. The lowest BCUT2D eigenvalue weighted by Gasteiger charge is -2.21. The minimum Gasteiger partial charge on any atom is -0.398 e. The number of nitrogens with two attached hydrogens (primary N) is 2. The molecule has 2 aromatic rings. The molecule has 110 valence electrons. The topological polar surface area (TPSA) is 93.2 Å². The molecule has 5 heteroatoms. The van der Waals surface area contributed by atoms with Crippen LogP contribution in [0.5, 0.6) is 0 Å². The summed E-state index contributed by atoms with van der Waals surface area (Å²) in [5.74, 6) is 4.85. The summed E-state index contributed by atoms with van der Waals surface area (Å²) in [4.78, 5) is 11.4. The molecule has 0 fully saturated rings. The number of hydrogen-bond donors (Lipinski definition) is 4. The van der Waals surface area contributed by atoms with Crippen LogP contribution in [0.25, 0.3) is 0 Å². The number of nitrogen functional groups attached to an aromatic ring is 1. The molecule has 5 nitrogen and oxygen atoms in total. The van der Waals surface area contributed by atoms with Gasteiger partial charge in [-0.2, -0.15) is 0 Å². The van der Waals surface area contributed by atoms with E-state index in [9.17, 15) is 4.79 Å². The first kappa shape index (κ1) is 15.0. The molecule has 6 N–H and O–H groups in total. The van der Waals surface area contributed by atoms with Gasteiger partial charge in [-0.25, -0.2) is 5.84 Å².